The molecule has 1 amide bonds. The standard InChI is InChI=1S/C18H15N7O2/c26-15-8-4-7-14(11-15)19-18(27)16-9-10-24(21-16)12-25-22-17(20-23-25)13-5-2-1-3-6-13/h1-11,26H,12H2,(H,19,27). The van der Waals surface area contributed by atoms with Crippen LogP contribution in [0.4, 0.5) is 5.69 Å². The molecule has 0 saturated heterocycles. The molecule has 0 spiro atoms. The summed E-state index contributed by atoms with van der Waals surface area (Å²) in [5.41, 5.74) is 1.59. The maximum Gasteiger partial charge on any atom is 0.276 e. The molecule has 27 heavy (non-hydrogen) atoms. The molecule has 0 saturated carbocycles. The molecule has 0 aliphatic carbocycles. The van der Waals surface area contributed by atoms with E-state index >= 15 is 0 Å². The molecular weight excluding hydrogens is 346 g/mol. The molecule has 0 bridgehead atoms. The summed E-state index contributed by atoms with van der Waals surface area (Å²) < 4.78 is 1.54. The van der Waals surface area contributed by atoms with Crippen molar-refractivity contribution in [2.45, 2.75) is 6.67 Å². The minimum absolute atomic E-state index is 0.0739. The number of benzene rings is 2. The minimum atomic E-state index is -0.379. The molecule has 9 heteroatoms. The van der Waals surface area contributed by atoms with Gasteiger partial charge < -0.3 is 10.4 Å². The lowest BCUT2D eigenvalue weighted by Crippen LogP contribution is -2.15. The van der Waals surface area contributed by atoms with Crippen molar-refractivity contribution in [2.75, 3.05) is 5.32 Å². The summed E-state index contributed by atoms with van der Waals surface area (Å²) in [6.07, 6.45) is 1.66. The summed E-state index contributed by atoms with van der Waals surface area (Å²) in [7, 11) is 0. The van der Waals surface area contributed by atoms with Crippen LogP contribution < -0.4 is 5.32 Å². The zero-order valence-electron chi connectivity index (χ0n) is 14.1. The Bertz CT molecular complexity index is 1070. The molecular formula is C18H15N7O2. The lowest BCUT2D eigenvalue weighted by molar-refractivity contribution is 0.102. The van der Waals surface area contributed by atoms with Crippen LogP contribution in [0, 0.1) is 0 Å². The second-order valence-electron chi connectivity index (χ2n) is 5.74. The Hall–Kier alpha value is -4.01. The number of aromatic hydroxyl groups is 1. The molecule has 2 heterocycles. The first-order chi connectivity index (χ1) is 13.2. The van der Waals surface area contributed by atoms with Gasteiger partial charge in [0.25, 0.3) is 5.91 Å². The van der Waals surface area contributed by atoms with Gasteiger partial charge in [-0.15, -0.1) is 15.0 Å². The number of tetrazole rings is 1. The molecule has 0 aliphatic rings. The largest absolute Gasteiger partial charge is 0.508 e. The van der Waals surface area contributed by atoms with Gasteiger partial charge in [0.1, 0.15) is 5.75 Å². The zero-order valence-corrected chi connectivity index (χ0v) is 14.1. The quantitative estimate of drug-likeness (QED) is 0.562. The molecule has 0 radical (unpaired) electrons. The second-order valence-corrected chi connectivity index (χ2v) is 5.74. The van der Waals surface area contributed by atoms with E-state index < -0.39 is 0 Å². The number of nitrogens with zero attached hydrogens (tertiary/aromatic N) is 6. The predicted octanol–water partition coefficient (Wildman–Crippen LogP) is 2.00. The van der Waals surface area contributed by atoms with Gasteiger partial charge in [0.2, 0.25) is 5.82 Å². The summed E-state index contributed by atoms with van der Waals surface area (Å²) >= 11 is 0. The fraction of sp³-hybridized carbons (Fsp3) is 0.0556. The van der Waals surface area contributed by atoms with Crippen LogP contribution in [0.3, 0.4) is 0 Å². The fourth-order valence-electron chi connectivity index (χ4n) is 2.48. The number of phenolic OH excluding ortho intramolecular Hbond substituents is 1. The third-order valence-electron chi connectivity index (χ3n) is 3.73. The number of carbonyl (C=O) groups excluding carboxylic acids is 1. The van der Waals surface area contributed by atoms with E-state index in [1.807, 2.05) is 30.3 Å². The van der Waals surface area contributed by atoms with Crippen molar-refractivity contribution in [3.8, 4) is 17.1 Å². The molecule has 0 unspecified atom stereocenters. The van der Waals surface area contributed by atoms with Crippen LogP contribution in [0.15, 0.2) is 66.9 Å². The molecule has 4 rings (SSSR count). The highest BCUT2D eigenvalue weighted by Gasteiger charge is 2.11. The van der Waals surface area contributed by atoms with E-state index in [4.69, 9.17) is 0 Å². The van der Waals surface area contributed by atoms with Gasteiger partial charge in [-0.25, -0.2) is 4.68 Å². The molecule has 0 atom stereocenters. The maximum absolute atomic E-state index is 12.3. The summed E-state index contributed by atoms with van der Waals surface area (Å²) in [4.78, 5) is 13.7. The van der Waals surface area contributed by atoms with E-state index in [0.717, 1.165) is 5.56 Å². The molecule has 4 aromatic rings. The summed E-state index contributed by atoms with van der Waals surface area (Å²) in [6.45, 7) is 0.221. The van der Waals surface area contributed by atoms with E-state index in [-0.39, 0.29) is 24.0 Å². The number of rotatable bonds is 5. The summed E-state index contributed by atoms with van der Waals surface area (Å²) in [5, 5.41) is 28.7. The van der Waals surface area contributed by atoms with Crippen molar-refractivity contribution in [3.05, 3.63) is 72.6 Å². The highest BCUT2D eigenvalue weighted by atomic mass is 16.3. The Morgan fingerprint density at radius 3 is 2.70 bits per heavy atom. The van der Waals surface area contributed by atoms with Gasteiger partial charge in [-0.3, -0.25) is 4.79 Å². The van der Waals surface area contributed by atoms with Gasteiger partial charge in [0.15, 0.2) is 12.4 Å². The van der Waals surface area contributed by atoms with Crippen LogP contribution >= 0.6 is 0 Å². The van der Waals surface area contributed by atoms with Crippen molar-refractivity contribution in [3.63, 3.8) is 0 Å². The Morgan fingerprint density at radius 1 is 1.04 bits per heavy atom. The highest BCUT2D eigenvalue weighted by molar-refractivity contribution is 6.02. The fourth-order valence-corrected chi connectivity index (χ4v) is 2.48. The van der Waals surface area contributed by atoms with Crippen LogP contribution in [-0.4, -0.2) is 41.0 Å². The molecule has 9 nitrogen and oxygen atoms in total. The maximum atomic E-state index is 12.3. The molecule has 0 fully saturated rings. The van der Waals surface area contributed by atoms with Crippen molar-refractivity contribution in [2.24, 2.45) is 0 Å². The van der Waals surface area contributed by atoms with Gasteiger partial charge in [-0.05, 0) is 23.4 Å². The van der Waals surface area contributed by atoms with Gasteiger partial charge in [-0.2, -0.15) is 5.10 Å². The Labute approximate surface area is 153 Å². The van der Waals surface area contributed by atoms with E-state index in [9.17, 15) is 9.90 Å². The monoisotopic (exact) mass is 361 g/mol. The first-order valence-electron chi connectivity index (χ1n) is 8.14. The molecule has 134 valence electrons. The van der Waals surface area contributed by atoms with Gasteiger partial charge in [-0.1, -0.05) is 36.4 Å². The smallest absolute Gasteiger partial charge is 0.276 e. The highest BCUT2D eigenvalue weighted by Crippen LogP contribution is 2.16. The van der Waals surface area contributed by atoms with E-state index in [1.165, 1.54) is 21.6 Å². The molecule has 2 aromatic carbocycles. The van der Waals surface area contributed by atoms with Crippen molar-refractivity contribution in [1.82, 2.24) is 30.0 Å². The van der Waals surface area contributed by atoms with Crippen LogP contribution in [0.5, 0.6) is 5.75 Å². The molecule has 2 aromatic heterocycles. The number of phenols is 1. The van der Waals surface area contributed by atoms with Crippen LogP contribution in [0.25, 0.3) is 11.4 Å². The Morgan fingerprint density at radius 2 is 1.89 bits per heavy atom. The lowest BCUT2D eigenvalue weighted by atomic mass is 10.2. The normalized spacial score (nSPS) is 10.7. The number of hydrogen-bond donors (Lipinski definition) is 2. The molecule has 2 N–H and O–H groups in total. The van der Waals surface area contributed by atoms with Crippen molar-refractivity contribution >= 4 is 11.6 Å². The molecule has 0 aliphatic heterocycles. The topological polar surface area (TPSA) is 111 Å². The summed E-state index contributed by atoms with van der Waals surface area (Å²) in [6, 6.07) is 17.4. The number of anilines is 1. The number of hydrogen-bond acceptors (Lipinski definition) is 6. The lowest BCUT2D eigenvalue weighted by Gasteiger charge is -2.03. The van der Waals surface area contributed by atoms with Crippen LogP contribution in [0.1, 0.15) is 10.5 Å². The zero-order chi connectivity index (χ0) is 18.6. The SMILES string of the molecule is O=C(Nc1cccc(O)c1)c1ccn(Cn2nnc(-c3ccccc3)n2)n1. The summed E-state index contributed by atoms with van der Waals surface area (Å²) in [5.74, 6) is 0.213. The van der Waals surface area contributed by atoms with Gasteiger partial charge in [0.05, 0.1) is 0 Å². The Kier molecular flexibility index (Phi) is 4.32. The van der Waals surface area contributed by atoms with Crippen molar-refractivity contribution in [1.29, 1.82) is 0 Å². The van der Waals surface area contributed by atoms with Crippen LogP contribution in [-0.2, 0) is 6.67 Å². The van der Waals surface area contributed by atoms with Gasteiger partial charge >= 0.3 is 0 Å². The first kappa shape index (κ1) is 16.5. The van der Waals surface area contributed by atoms with E-state index in [0.29, 0.717) is 11.5 Å². The average molecular weight is 361 g/mol. The third kappa shape index (κ3) is 3.82. The van der Waals surface area contributed by atoms with Crippen LogP contribution in [0.2, 0.25) is 0 Å². The number of aromatic nitrogens is 6. The number of carbonyl (C=O) groups is 1. The minimum Gasteiger partial charge on any atom is -0.508 e. The van der Waals surface area contributed by atoms with Gasteiger partial charge in [0, 0.05) is 23.5 Å². The Balaban J connectivity index is 1.44. The second kappa shape index (κ2) is 7.08. The van der Waals surface area contributed by atoms with E-state index in [1.54, 1.807) is 24.4 Å². The predicted molar refractivity (Wildman–Crippen MR) is 96.9 cm³/mol. The number of nitrogens with one attached hydrogen (secondary N) is 1. The average Bonchev–Trinajstić information content (AvgIpc) is 3.33. The third-order valence-corrected chi connectivity index (χ3v) is 3.73. The first-order valence-corrected chi connectivity index (χ1v) is 8.14. The number of amides is 1. The van der Waals surface area contributed by atoms with E-state index in [2.05, 4.69) is 25.8 Å². The van der Waals surface area contributed by atoms with Crippen molar-refractivity contribution < 1.29 is 9.90 Å².